The lowest BCUT2D eigenvalue weighted by Crippen LogP contribution is -2.29. The normalized spacial score (nSPS) is 14.8. The number of pyridine rings is 1. The minimum Gasteiger partial charge on any atom is -0.342 e. The number of carbonyl (C=O) groups is 2. The van der Waals surface area contributed by atoms with E-state index in [0.717, 1.165) is 42.8 Å². The summed E-state index contributed by atoms with van der Waals surface area (Å²) in [6.45, 7) is 3.68. The molecule has 1 aromatic heterocycles. The Kier molecular flexibility index (Phi) is 4.36. The highest BCUT2D eigenvalue weighted by Gasteiger charge is 2.18. The standard InChI is InChI=1S/C13H16N2O2S/c1-10-6-11(8-16)7-14-13(10)18-9-12(17)15-4-2-3-5-15/h6-8H,2-5,9H2,1H3. The fraction of sp³-hybridized carbons (Fsp3) is 0.462. The van der Waals surface area contributed by atoms with Crippen LogP contribution in [0.5, 0.6) is 0 Å². The zero-order valence-electron chi connectivity index (χ0n) is 10.4. The maximum Gasteiger partial charge on any atom is 0.232 e. The van der Waals surface area contributed by atoms with Gasteiger partial charge >= 0.3 is 0 Å². The van der Waals surface area contributed by atoms with E-state index < -0.39 is 0 Å². The molecule has 0 atom stereocenters. The first-order valence-corrected chi connectivity index (χ1v) is 7.01. The topological polar surface area (TPSA) is 50.3 Å². The van der Waals surface area contributed by atoms with Crippen LogP contribution in [0, 0.1) is 6.92 Å². The Morgan fingerprint density at radius 2 is 2.22 bits per heavy atom. The van der Waals surface area contributed by atoms with Crippen molar-refractivity contribution in [3.05, 3.63) is 23.4 Å². The monoisotopic (exact) mass is 264 g/mol. The molecule has 0 radical (unpaired) electrons. The number of rotatable bonds is 4. The van der Waals surface area contributed by atoms with E-state index in [2.05, 4.69) is 4.98 Å². The first-order valence-electron chi connectivity index (χ1n) is 6.03. The largest absolute Gasteiger partial charge is 0.342 e. The fourth-order valence-electron chi connectivity index (χ4n) is 1.99. The van der Waals surface area contributed by atoms with Crippen molar-refractivity contribution >= 4 is 24.0 Å². The van der Waals surface area contributed by atoms with Crippen LogP contribution < -0.4 is 0 Å². The number of amides is 1. The van der Waals surface area contributed by atoms with E-state index in [1.807, 2.05) is 11.8 Å². The van der Waals surface area contributed by atoms with Gasteiger partial charge in [0, 0.05) is 24.8 Å². The van der Waals surface area contributed by atoms with Crippen LogP contribution in [0.4, 0.5) is 0 Å². The van der Waals surface area contributed by atoms with Crippen molar-refractivity contribution in [1.29, 1.82) is 0 Å². The molecule has 0 aromatic carbocycles. The first kappa shape index (κ1) is 13.1. The van der Waals surface area contributed by atoms with Crippen LogP contribution in [0.2, 0.25) is 0 Å². The maximum atomic E-state index is 11.9. The van der Waals surface area contributed by atoms with E-state index in [0.29, 0.717) is 11.3 Å². The molecule has 2 heterocycles. The van der Waals surface area contributed by atoms with Crippen molar-refractivity contribution in [3.8, 4) is 0 Å². The summed E-state index contributed by atoms with van der Waals surface area (Å²) >= 11 is 1.44. The molecule has 0 spiro atoms. The second-order valence-electron chi connectivity index (χ2n) is 4.39. The number of hydrogen-bond donors (Lipinski definition) is 0. The molecule has 0 bridgehead atoms. The summed E-state index contributed by atoms with van der Waals surface area (Å²) in [7, 11) is 0. The van der Waals surface area contributed by atoms with Gasteiger partial charge in [0.25, 0.3) is 0 Å². The molecule has 2 rings (SSSR count). The average molecular weight is 264 g/mol. The van der Waals surface area contributed by atoms with Gasteiger partial charge < -0.3 is 4.90 Å². The average Bonchev–Trinajstić information content (AvgIpc) is 2.90. The number of carbonyl (C=O) groups excluding carboxylic acids is 2. The summed E-state index contributed by atoms with van der Waals surface area (Å²) in [6.07, 6.45) is 4.55. The zero-order chi connectivity index (χ0) is 13.0. The lowest BCUT2D eigenvalue weighted by molar-refractivity contribution is -0.127. The quantitative estimate of drug-likeness (QED) is 0.616. The number of nitrogens with zero attached hydrogens (tertiary/aromatic N) is 2. The van der Waals surface area contributed by atoms with Gasteiger partial charge in [-0.15, -0.1) is 0 Å². The van der Waals surface area contributed by atoms with E-state index in [-0.39, 0.29) is 5.91 Å². The van der Waals surface area contributed by atoms with Gasteiger partial charge in [-0.05, 0) is 31.4 Å². The van der Waals surface area contributed by atoms with Gasteiger partial charge in [0.05, 0.1) is 10.8 Å². The number of aldehydes is 1. The molecule has 4 nitrogen and oxygen atoms in total. The third-order valence-corrected chi connectivity index (χ3v) is 4.07. The lowest BCUT2D eigenvalue weighted by Gasteiger charge is -2.14. The predicted molar refractivity (Wildman–Crippen MR) is 70.9 cm³/mol. The molecule has 1 fully saturated rings. The Hall–Kier alpha value is -1.36. The van der Waals surface area contributed by atoms with Crippen molar-refractivity contribution in [2.24, 2.45) is 0 Å². The molecular formula is C13H16N2O2S. The van der Waals surface area contributed by atoms with Gasteiger partial charge in [-0.25, -0.2) is 4.98 Å². The minimum absolute atomic E-state index is 0.179. The molecule has 5 heteroatoms. The summed E-state index contributed by atoms with van der Waals surface area (Å²) < 4.78 is 0. The highest BCUT2D eigenvalue weighted by molar-refractivity contribution is 7.99. The molecule has 18 heavy (non-hydrogen) atoms. The summed E-state index contributed by atoms with van der Waals surface area (Å²) in [5.41, 5.74) is 1.52. The third-order valence-electron chi connectivity index (χ3n) is 2.98. The lowest BCUT2D eigenvalue weighted by atomic mass is 10.2. The molecular weight excluding hydrogens is 248 g/mol. The molecule has 0 aliphatic carbocycles. The van der Waals surface area contributed by atoms with Crippen LogP contribution in [0.25, 0.3) is 0 Å². The van der Waals surface area contributed by atoms with Crippen LogP contribution in [0.3, 0.4) is 0 Å². The molecule has 1 aliphatic heterocycles. The molecule has 96 valence electrons. The van der Waals surface area contributed by atoms with Gasteiger partial charge in [0.2, 0.25) is 5.91 Å². The van der Waals surface area contributed by atoms with Gasteiger partial charge in [0.1, 0.15) is 0 Å². The highest BCUT2D eigenvalue weighted by atomic mass is 32.2. The Morgan fingerprint density at radius 3 is 2.83 bits per heavy atom. The van der Waals surface area contributed by atoms with Gasteiger partial charge in [-0.2, -0.15) is 0 Å². The summed E-state index contributed by atoms with van der Waals surface area (Å²) in [4.78, 5) is 28.6. The Balaban J connectivity index is 1.93. The summed E-state index contributed by atoms with van der Waals surface area (Å²) in [5.74, 6) is 0.604. The van der Waals surface area contributed by atoms with Crippen molar-refractivity contribution in [2.75, 3.05) is 18.8 Å². The van der Waals surface area contributed by atoms with Crippen molar-refractivity contribution < 1.29 is 9.59 Å². The van der Waals surface area contributed by atoms with Gasteiger partial charge in [-0.1, -0.05) is 11.8 Å². The molecule has 1 amide bonds. The smallest absolute Gasteiger partial charge is 0.232 e. The van der Waals surface area contributed by atoms with E-state index in [4.69, 9.17) is 0 Å². The van der Waals surface area contributed by atoms with Crippen molar-refractivity contribution in [1.82, 2.24) is 9.88 Å². The number of likely N-dealkylation sites (tertiary alicyclic amines) is 1. The maximum absolute atomic E-state index is 11.9. The minimum atomic E-state index is 0.179. The van der Waals surface area contributed by atoms with Gasteiger partial charge in [-0.3, -0.25) is 9.59 Å². The second-order valence-corrected chi connectivity index (χ2v) is 5.35. The van der Waals surface area contributed by atoms with Crippen molar-refractivity contribution in [3.63, 3.8) is 0 Å². The number of aromatic nitrogens is 1. The summed E-state index contributed by atoms with van der Waals surface area (Å²) in [5, 5.41) is 0.827. The van der Waals surface area contributed by atoms with Crippen LogP contribution in [0.1, 0.15) is 28.8 Å². The Morgan fingerprint density at radius 1 is 1.50 bits per heavy atom. The number of aryl methyl sites for hydroxylation is 1. The highest BCUT2D eigenvalue weighted by Crippen LogP contribution is 2.21. The second kappa shape index (κ2) is 6.00. The van der Waals surface area contributed by atoms with E-state index >= 15 is 0 Å². The number of thioether (sulfide) groups is 1. The fourth-order valence-corrected chi connectivity index (χ4v) is 2.84. The number of hydrogen-bond acceptors (Lipinski definition) is 4. The van der Waals surface area contributed by atoms with Crippen LogP contribution >= 0.6 is 11.8 Å². The molecule has 1 saturated heterocycles. The zero-order valence-corrected chi connectivity index (χ0v) is 11.2. The van der Waals surface area contributed by atoms with Crippen LogP contribution in [-0.4, -0.2) is 40.9 Å². The Bertz CT molecular complexity index is 456. The van der Waals surface area contributed by atoms with E-state index in [1.165, 1.54) is 11.8 Å². The van der Waals surface area contributed by atoms with E-state index in [9.17, 15) is 9.59 Å². The van der Waals surface area contributed by atoms with Crippen LogP contribution in [-0.2, 0) is 4.79 Å². The van der Waals surface area contributed by atoms with Crippen molar-refractivity contribution in [2.45, 2.75) is 24.8 Å². The third kappa shape index (κ3) is 3.10. The van der Waals surface area contributed by atoms with E-state index in [1.54, 1.807) is 12.3 Å². The SMILES string of the molecule is Cc1cc(C=O)cnc1SCC(=O)N1CCCC1. The van der Waals surface area contributed by atoms with Crippen LogP contribution in [0.15, 0.2) is 17.3 Å². The molecule has 0 N–H and O–H groups in total. The predicted octanol–water partition coefficient (Wildman–Crippen LogP) is 1.92. The molecule has 0 unspecified atom stereocenters. The molecule has 0 saturated carbocycles. The molecule has 1 aliphatic rings. The Labute approximate surface area is 111 Å². The molecule has 1 aromatic rings. The first-order chi connectivity index (χ1) is 8.70. The van der Waals surface area contributed by atoms with Gasteiger partial charge in [0.15, 0.2) is 6.29 Å². The summed E-state index contributed by atoms with van der Waals surface area (Å²) in [6, 6.07) is 1.79.